The van der Waals surface area contributed by atoms with Gasteiger partial charge in [-0.05, 0) is 19.8 Å². The zero-order valence-electron chi connectivity index (χ0n) is 6.96. The van der Waals surface area contributed by atoms with Gasteiger partial charge in [0.15, 0.2) is 0 Å². The van der Waals surface area contributed by atoms with Gasteiger partial charge in [0.2, 0.25) is 0 Å². The van der Waals surface area contributed by atoms with Gasteiger partial charge in [-0.1, -0.05) is 22.6 Å². The molecule has 11 heavy (non-hydrogen) atoms. The Morgan fingerprint density at radius 1 is 1.55 bits per heavy atom. The summed E-state index contributed by atoms with van der Waals surface area (Å²) >= 11 is 2.38. The van der Waals surface area contributed by atoms with Gasteiger partial charge < -0.3 is 5.11 Å². The molecular formula is C8H16INO. The number of aliphatic hydroxyl groups is 1. The van der Waals surface area contributed by atoms with E-state index < -0.39 is 0 Å². The fraction of sp³-hybridized carbons (Fsp3) is 1.00. The molecule has 0 unspecified atom stereocenters. The lowest BCUT2D eigenvalue weighted by atomic mass is 10.0. The molecule has 0 radical (unpaired) electrons. The van der Waals surface area contributed by atoms with Crippen LogP contribution < -0.4 is 0 Å². The normalized spacial score (nSPS) is 34.1. The zero-order valence-corrected chi connectivity index (χ0v) is 9.12. The summed E-state index contributed by atoms with van der Waals surface area (Å²) in [5, 5.41) is 9.38. The first-order valence-corrected chi connectivity index (χ1v) is 5.74. The molecule has 66 valence electrons. The number of likely N-dealkylation sites (tertiary alicyclic amines) is 1. The van der Waals surface area contributed by atoms with Gasteiger partial charge in [0, 0.05) is 23.6 Å². The van der Waals surface area contributed by atoms with Crippen molar-refractivity contribution >= 4 is 22.6 Å². The van der Waals surface area contributed by atoms with Gasteiger partial charge in [0.1, 0.15) is 0 Å². The lowest BCUT2D eigenvalue weighted by Crippen LogP contribution is -2.44. The van der Waals surface area contributed by atoms with Crippen molar-refractivity contribution in [3.63, 3.8) is 0 Å². The van der Waals surface area contributed by atoms with E-state index in [2.05, 4.69) is 34.4 Å². The Labute approximate surface area is 82.1 Å². The quantitative estimate of drug-likeness (QED) is 0.602. The molecule has 1 rings (SSSR count). The largest absolute Gasteiger partial charge is 0.392 e. The summed E-state index contributed by atoms with van der Waals surface area (Å²) in [5.74, 6) is 0. The van der Waals surface area contributed by atoms with Crippen molar-refractivity contribution in [2.24, 2.45) is 0 Å². The third-order valence-electron chi connectivity index (χ3n) is 2.36. The summed E-state index contributed by atoms with van der Waals surface area (Å²) in [6, 6.07) is 0.674. The molecule has 1 aliphatic heterocycles. The van der Waals surface area contributed by atoms with Crippen LogP contribution in [-0.4, -0.2) is 39.7 Å². The van der Waals surface area contributed by atoms with Crippen LogP contribution in [0.5, 0.6) is 0 Å². The molecule has 0 aromatic rings. The summed E-state index contributed by atoms with van der Waals surface area (Å²) in [5.41, 5.74) is 0. The molecule has 0 aliphatic carbocycles. The molecule has 1 fully saturated rings. The highest BCUT2D eigenvalue weighted by atomic mass is 127. The van der Waals surface area contributed by atoms with Gasteiger partial charge in [-0.25, -0.2) is 0 Å². The Morgan fingerprint density at radius 2 is 2.27 bits per heavy atom. The highest BCUT2D eigenvalue weighted by Crippen LogP contribution is 2.16. The Hall–Kier alpha value is 0.650. The molecule has 1 heterocycles. The number of β-amino-alcohol motifs (C(OH)–C–C–N with tert-alkyl or cyclic N) is 1. The average molecular weight is 269 g/mol. The number of halogens is 1. The van der Waals surface area contributed by atoms with Crippen molar-refractivity contribution in [2.75, 3.05) is 17.5 Å². The van der Waals surface area contributed by atoms with E-state index in [0.717, 1.165) is 30.4 Å². The number of alkyl halides is 1. The fourth-order valence-electron chi connectivity index (χ4n) is 1.58. The topological polar surface area (TPSA) is 23.5 Å². The van der Waals surface area contributed by atoms with Crippen molar-refractivity contribution < 1.29 is 5.11 Å². The first kappa shape index (κ1) is 9.74. The number of rotatable bonds is 2. The van der Waals surface area contributed by atoms with Crippen LogP contribution >= 0.6 is 22.6 Å². The molecule has 1 N–H and O–H groups in total. The first-order valence-electron chi connectivity index (χ1n) is 4.22. The van der Waals surface area contributed by atoms with Crippen LogP contribution in [0.15, 0.2) is 0 Å². The van der Waals surface area contributed by atoms with Crippen molar-refractivity contribution in [1.29, 1.82) is 0 Å². The molecule has 1 aliphatic rings. The molecule has 2 atom stereocenters. The van der Waals surface area contributed by atoms with Gasteiger partial charge in [-0.15, -0.1) is 0 Å². The van der Waals surface area contributed by atoms with Crippen LogP contribution in [-0.2, 0) is 0 Å². The van der Waals surface area contributed by atoms with E-state index in [4.69, 9.17) is 0 Å². The van der Waals surface area contributed by atoms with Crippen molar-refractivity contribution in [1.82, 2.24) is 4.90 Å². The fourth-order valence-corrected chi connectivity index (χ4v) is 2.20. The third-order valence-corrected chi connectivity index (χ3v) is 2.84. The first-order chi connectivity index (χ1) is 5.24. The molecule has 2 nitrogen and oxygen atoms in total. The molecule has 0 aromatic heterocycles. The van der Waals surface area contributed by atoms with E-state index >= 15 is 0 Å². The second-order valence-corrected chi connectivity index (χ2v) is 4.34. The molecule has 0 spiro atoms. The van der Waals surface area contributed by atoms with Crippen LogP contribution in [0, 0.1) is 0 Å². The van der Waals surface area contributed by atoms with Crippen molar-refractivity contribution in [2.45, 2.75) is 31.9 Å². The monoisotopic (exact) mass is 269 g/mol. The van der Waals surface area contributed by atoms with Gasteiger partial charge >= 0.3 is 0 Å². The Kier molecular flexibility index (Phi) is 4.09. The maximum atomic E-state index is 9.38. The standard InChI is InChI=1S/C8H16INO/c1-7-2-3-8(11)6-10(7)5-4-9/h7-8,11H,2-6H2,1H3/t7-,8-/m0/s1. The van der Waals surface area contributed by atoms with Gasteiger partial charge in [-0.2, -0.15) is 0 Å². The van der Waals surface area contributed by atoms with E-state index in [1.54, 1.807) is 0 Å². The molecule has 3 heteroatoms. The highest BCUT2D eigenvalue weighted by Gasteiger charge is 2.22. The summed E-state index contributed by atoms with van der Waals surface area (Å²) in [4.78, 5) is 2.38. The van der Waals surface area contributed by atoms with Crippen LogP contribution in [0.4, 0.5) is 0 Å². The smallest absolute Gasteiger partial charge is 0.0667 e. The predicted molar refractivity (Wildman–Crippen MR) is 55.2 cm³/mol. The lowest BCUT2D eigenvalue weighted by molar-refractivity contribution is 0.0454. The minimum atomic E-state index is -0.0749. The van der Waals surface area contributed by atoms with Crippen LogP contribution in [0.3, 0.4) is 0 Å². The number of piperidine rings is 1. The number of hydrogen-bond donors (Lipinski definition) is 1. The predicted octanol–water partition coefficient (Wildman–Crippen LogP) is 1.27. The summed E-state index contributed by atoms with van der Waals surface area (Å²) < 4.78 is 1.16. The molecule has 0 amide bonds. The molecule has 1 saturated heterocycles. The molecular weight excluding hydrogens is 253 g/mol. The Balaban J connectivity index is 2.34. The number of nitrogens with zero attached hydrogens (tertiary/aromatic N) is 1. The maximum Gasteiger partial charge on any atom is 0.0667 e. The summed E-state index contributed by atoms with van der Waals surface area (Å²) in [6.45, 7) is 4.25. The van der Waals surface area contributed by atoms with E-state index in [9.17, 15) is 5.11 Å². The molecule has 0 saturated carbocycles. The Morgan fingerprint density at radius 3 is 2.91 bits per heavy atom. The van der Waals surface area contributed by atoms with Crippen molar-refractivity contribution in [3.05, 3.63) is 0 Å². The minimum Gasteiger partial charge on any atom is -0.392 e. The van der Waals surface area contributed by atoms with Gasteiger partial charge in [-0.3, -0.25) is 4.90 Å². The van der Waals surface area contributed by atoms with E-state index in [1.165, 1.54) is 0 Å². The molecule has 0 aromatic carbocycles. The second kappa shape index (κ2) is 4.62. The maximum absolute atomic E-state index is 9.38. The lowest BCUT2D eigenvalue weighted by Gasteiger charge is -2.35. The molecule has 0 bridgehead atoms. The minimum absolute atomic E-state index is 0.0749. The van der Waals surface area contributed by atoms with Gasteiger partial charge in [0.25, 0.3) is 0 Å². The van der Waals surface area contributed by atoms with Crippen molar-refractivity contribution in [3.8, 4) is 0 Å². The van der Waals surface area contributed by atoms with Crippen LogP contribution in [0.2, 0.25) is 0 Å². The van der Waals surface area contributed by atoms with E-state index in [0.29, 0.717) is 6.04 Å². The van der Waals surface area contributed by atoms with E-state index in [1.807, 2.05) is 0 Å². The SMILES string of the molecule is C[C@H]1CC[C@H](O)CN1CCI. The summed E-state index contributed by atoms with van der Waals surface area (Å²) in [6.07, 6.45) is 2.06. The summed E-state index contributed by atoms with van der Waals surface area (Å²) in [7, 11) is 0. The number of hydrogen-bond acceptors (Lipinski definition) is 2. The zero-order chi connectivity index (χ0) is 8.27. The third kappa shape index (κ3) is 2.87. The highest BCUT2D eigenvalue weighted by molar-refractivity contribution is 14.1. The Bertz CT molecular complexity index is 121. The van der Waals surface area contributed by atoms with Gasteiger partial charge in [0.05, 0.1) is 6.10 Å². The second-order valence-electron chi connectivity index (χ2n) is 3.26. The van der Waals surface area contributed by atoms with Crippen LogP contribution in [0.1, 0.15) is 19.8 Å². The number of aliphatic hydroxyl groups excluding tert-OH is 1. The van der Waals surface area contributed by atoms with Crippen LogP contribution in [0.25, 0.3) is 0 Å². The average Bonchev–Trinajstić information content (AvgIpc) is 1.98. The van der Waals surface area contributed by atoms with E-state index in [-0.39, 0.29) is 6.10 Å².